The van der Waals surface area contributed by atoms with Gasteiger partial charge in [-0.3, -0.25) is 0 Å². The Morgan fingerprint density at radius 2 is 0.960 bits per heavy atom. The molecule has 7 heteroatoms. The number of epoxide rings is 2. The Labute approximate surface area is 297 Å². The van der Waals surface area contributed by atoms with Gasteiger partial charge in [0.1, 0.15) is 42.3 Å². The summed E-state index contributed by atoms with van der Waals surface area (Å²) in [6, 6.07) is 33.0. The van der Waals surface area contributed by atoms with E-state index in [-0.39, 0.29) is 35.7 Å². The van der Waals surface area contributed by atoms with Crippen LogP contribution in [0.5, 0.6) is 23.0 Å². The van der Waals surface area contributed by atoms with Gasteiger partial charge in [-0.25, -0.2) is 0 Å². The molecule has 2 fully saturated rings. The van der Waals surface area contributed by atoms with Gasteiger partial charge in [-0.15, -0.1) is 0 Å². The van der Waals surface area contributed by atoms with E-state index in [2.05, 4.69) is 83.1 Å². The van der Waals surface area contributed by atoms with Crippen LogP contribution in [0.4, 0.5) is 0 Å². The summed E-state index contributed by atoms with van der Waals surface area (Å²) in [6.07, 6.45) is 1.25. The molecular formula is C43H52O7. The van der Waals surface area contributed by atoms with E-state index in [1.807, 2.05) is 55.5 Å². The Hall–Kier alpha value is -4.04. The molecule has 0 saturated carbocycles. The lowest BCUT2D eigenvalue weighted by molar-refractivity contribution is 0.0636. The lowest BCUT2D eigenvalue weighted by Gasteiger charge is -2.27. The number of ether oxygens (including phenoxy) is 6. The van der Waals surface area contributed by atoms with Crippen LogP contribution in [0.3, 0.4) is 0 Å². The van der Waals surface area contributed by atoms with Gasteiger partial charge in [0.15, 0.2) is 0 Å². The predicted molar refractivity (Wildman–Crippen MR) is 196 cm³/mol. The summed E-state index contributed by atoms with van der Waals surface area (Å²) < 4.78 is 34.5. The van der Waals surface area contributed by atoms with E-state index in [9.17, 15) is 5.11 Å². The highest BCUT2D eigenvalue weighted by atomic mass is 16.6. The van der Waals surface area contributed by atoms with E-state index < -0.39 is 6.10 Å². The Balaban J connectivity index is 0.942. The van der Waals surface area contributed by atoms with Crippen molar-refractivity contribution in [3.63, 3.8) is 0 Å². The van der Waals surface area contributed by atoms with E-state index in [4.69, 9.17) is 28.4 Å². The fourth-order valence-electron chi connectivity index (χ4n) is 6.30. The molecule has 5 unspecified atom stereocenters. The predicted octanol–water partition coefficient (Wildman–Crippen LogP) is 8.27. The smallest absolute Gasteiger partial charge is 0.119 e. The van der Waals surface area contributed by atoms with Crippen molar-refractivity contribution in [1.82, 2.24) is 0 Å². The average molecular weight is 681 g/mol. The molecule has 0 amide bonds. The topological polar surface area (TPSA) is 82.2 Å². The third-order valence-electron chi connectivity index (χ3n) is 9.86. The van der Waals surface area contributed by atoms with Gasteiger partial charge in [0.25, 0.3) is 0 Å². The molecule has 0 aromatic heterocycles. The monoisotopic (exact) mass is 680 g/mol. The molecule has 4 aromatic rings. The zero-order valence-electron chi connectivity index (χ0n) is 30.3. The van der Waals surface area contributed by atoms with E-state index in [0.29, 0.717) is 19.1 Å². The lowest BCUT2D eigenvalue weighted by atomic mass is 9.78. The minimum atomic E-state index is -0.664. The van der Waals surface area contributed by atoms with Gasteiger partial charge >= 0.3 is 0 Å². The van der Waals surface area contributed by atoms with Crippen LogP contribution in [0.25, 0.3) is 0 Å². The van der Waals surface area contributed by atoms with Gasteiger partial charge in [-0.05, 0) is 84.6 Å². The Morgan fingerprint density at radius 1 is 0.580 bits per heavy atom. The molecule has 0 aliphatic carbocycles. The molecule has 0 radical (unpaired) electrons. The van der Waals surface area contributed by atoms with Gasteiger partial charge in [0, 0.05) is 23.7 Å². The number of hydrogen-bond acceptors (Lipinski definition) is 7. The van der Waals surface area contributed by atoms with E-state index in [0.717, 1.165) is 42.6 Å². The summed E-state index contributed by atoms with van der Waals surface area (Å²) in [4.78, 5) is 0. The molecule has 50 heavy (non-hydrogen) atoms. The molecule has 4 aromatic carbocycles. The molecule has 266 valence electrons. The molecule has 6 rings (SSSR count). The van der Waals surface area contributed by atoms with Crippen molar-refractivity contribution in [2.75, 3.05) is 26.4 Å². The van der Waals surface area contributed by atoms with Crippen LogP contribution < -0.4 is 18.9 Å². The standard InChI is InChI=1S/C43H52O7/c1-29(49-38-19-11-33(12-20-38)43(5,6)32-9-17-37(18-10-32)46-27-41-28-48-41)23-35(44)25-45-36-15-7-31(8-16-36)42(3,4)34-13-21-39(22-14-34)50-30(2)24-40-26-47-40/h7-22,29-30,35,40-41,44H,23-28H2,1-6H3. The van der Waals surface area contributed by atoms with Crippen molar-refractivity contribution < 1.29 is 33.5 Å². The first-order valence-electron chi connectivity index (χ1n) is 17.9. The summed E-state index contributed by atoms with van der Waals surface area (Å²) >= 11 is 0. The molecule has 5 atom stereocenters. The number of aliphatic hydroxyl groups excluding tert-OH is 1. The lowest BCUT2D eigenvalue weighted by Crippen LogP contribution is -2.25. The molecule has 2 heterocycles. The minimum Gasteiger partial charge on any atom is -0.491 e. The van der Waals surface area contributed by atoms with Gasteiger partial charge < -0.3 is 33.5 Å². The zero-order valence-corrected chi connectivity index (χ0v) is 30.3. The van der Waals surface area contributed by atoms with Crippen LogP contribution in [0, 0.1) is 0 Å². The molecule has 2 aliphatic rings. The maximum Gasteiger partial charge on any atom is 0.119 e. The SMILES string of the molecule is CC(CC(O)COc1ccc(C(C)(C)c2ccc(OC(C)CC3CO3)cc2)cc1)Oc1ccc(C(C)(C)c2ccc(OCC3CO3)cc2)cc1. The molecule has 2 aliphatic heterocycles. The maximum absolute atomic E-state index is 10.7. The summed E-state index contributed by atoms with van der Waals surface area (Å²) in [6.45, 7) is 15.3. The molecule has 1 N–H and O–H groups in total. The van der Waals surface area contributed by atoms with Crippen LogP contribution >= 0.6 is 0 Å². The maximum atomic E-state index is 10.7. The van der Waals surface area contributed by atoms with E-state index in [1.165, 1.54) is 22.3 Å². The Morgan fingerprint density at radius 3 is 1.38 bits per heavy atom. The summed E-state index contributed by atoms with van der Waals surface area (Å²) in [5.41, 5.74) is 4.39. The van der Waals surface area contributed by atoms with Crippen LogP contribution in [-0.2, 0) is 20.3 Å². The van der Waals surface area contributed by atoms with Crippen LogP contribution in [0.1, 0.15) is 76.6 Å². The molecule has 2 saturated heterocycles. The number of rotatable bonds is 18. The summed E-state index contributed by atoms with van der Waals surface area (Å²) in [7, 11) is 0. The number of aliphatic hydroxyl groups is 1. The fraction of sp³-hybridized carbons (Fsp3) is 0.442. The first-order chi connectivity index (χ1) is 24.0. The minimum absolute atomic E-state index is 0.128. The quantitative estimate of drug-likeness (QED) is 0.106. The molecule has 7 nitrogen and oxygen atoms in total. The third kappa shape index (κ3) is 9.59. The second-order valence-electron chi connectivity index (χ2n) is 14.9. The van der Waals surface area contributed by atoms with Gasteiger partial charge in [-0.2, -0.15) is 0 Å². The van der Waals surface area contributed by atoms with Crippen LogP contribution in [0.15, 0.2) is 97.1 Å². The van der Waals surface area contributed by atoms with Crippen LogP contribution in [0.2, 0.25) is 0 Å². The highest BCUT2D eigenvalue weighted by molar-refractivity contribution is 5.43. The molecule has 0 spiro atoms. The normalized spacial score (nSPS) is 18.9. The van der Waals surface area contributed by atoms with Gasteiger partial charge in [0.05, 0.1) is 37.6 Å². The summed E-state index contributed by atoms with van der Waals surface area (Å²) in [5, 5.41) is 10.7. The average Bonchev–Trinajstić information content (AvgIpc) is 4.05. The Bertz CT molecular complexity index is 1640. The van der Waals surface area contributed by atoms with Crippen molar-refractivity contribution in [3.05, 3.63) is 119 Å². The Kier molecular flexibility index (Phi) is 11.1. The van der Waals surface area contributed by atoms with Crippen molar-refractivity contribution in [2.45, 2.75) is 95.7 Å². The third-order valence-corrected chi connectivity index (χ3v) is 9.86. The largest absolute Gasteiger partial charge is 0.491 e. The number of benzene rings is 4. The number of hydrogen-bond donors (Lipinski definition) is 1. The highest BCUT2D eigenvalue weighted by Gasteiger charge is 2.27. The van der Waals surface area contributed by atoms with Crippen molar-refractivity contribution >= 4 is 0 Å². The first-order valence-corrected chi connectivity index (χ1v) is 17.9. The van der Waals surface area contributed by atoms with E-state index >= 15 is 0 Å². The van der Waals surface area contributed by atoms with Gasteiger partial charge in [-0.1, -0.05) is 76.2 Å². The second-order valence-corrected chi connectivity index (χ2v) is 14.9. The van der Waals surface area contributed by atoms with Crippen molar-refractivity contribution in [2.24, 2.45) is 0 Å². The second kappa shape index (κ2) is 15.5. The fourth-order valence-corrected chi connectivity index (χ4v) is 6.30. The summed E-state index contributed by atoms with van der Waals surface area (Å²) in [5.74, 6) is 3.23. The highest BCUT2D eigenvalue weighted by Crippen LogP contribution is 2.35. The van der Waals surface area contributed by atoms with Crippen molar-refractivity contribution in [1.29, 1.82) is 0 Å². The molecular weight excluding hydrogens is 628 g/mol. The first kappa shape index (κ1) is 35.8. The molecule has 0 bridgehead atoms. The van der Waals surface area contributed by atoms with Crippen molar-refractivity contribution in [3.8, 4) is 23.0 Å². The van der Waals surface area contributed by atoms with Gasteiger partial charge in [0.2, 0.25) is 0 Å². The van der Waals surface area contributed by atoms with Crippen LogP contribution in [-0.4, -0.2) is 62.1 Å². The zero-order chi connectivity index (χ0) is 35.3. The van der Waals surface area contributed by atoms with E-state index in [1.54, 1.807) is 0 Å².